The monoisotopic (exact) mass is 544 g/mol. The quantitative estimate of drug-likeness (QED) is 0.548. The van der Waals surface area contributed by atoms with Crippen molar-refractivity contribution in [3.8, 4) is 0 Å². The van der Waals surface area contributed by atoms with E-state index in [4.69, 9.17) is 4.74 Å². The maximum Gasteiger partial charge on any atom is 0.418 e. The van der Waals surface area contributed by atoms with Gasteiger partial charge in [-0.1, -0.05) is 24.3 Å². The van der Waals surface area contributed by atoms with Crippen molar-refractivity contribution in [2.45, 2.75) is 44.0 Å². The molecule has 9 nitrogen and oxygen atoms in total. The van der Waals surface area contributed by atoms with Gasteiger partial charge in [0.1, 0.15) is 6.54 Å². The van der Waals surface area contributed by atoms with Crippen molar-refractivity contribution in [2.24, 2.45) is 5.92 Å². The SMILES string of the molecule is CNC(=O)Nc1ccc2c(c1)CC[C@@]21OC(=O)N(CC(=O)N(Cc2ccccc2C(F)(F)F)CC2CC2)C1=O. The van der Waals surface area contributed by atoms with Crippen molar-refractivity contribution >= 4 is 29.6 Å². The first-order chi connectivity index (χ1) is 18.5. The molecule has 1 heterocycles. The highest BCUT2D eigenvalue weighted by atomic mass is 19.4. The Morgan fingerprint density at radius 3 is 2.59 bits per heavy atom. The van der Waals surface area contributed by atoms with Gasteiger partial charge in [-0.05, 0) is 54.5 Å². The van der Waals surface area contributed by atoms with Crippen molar-refractivity contribution in [2.75, 3.05) is 25.5 Å². The molecule has 2 fully saturated rings. The Morgan fingerprint density at radius 2 is 1.90 bits per heavy atom. The van der Waals surface area contributed by atoms with Crippen LogP contribution in [0.5, 0.6) is 0 Å². The summed E-state index contributed by atoms with van der Waals surface area (Å²) in [6.07, 6.45) is -3.28. The summed E-state index contributed by atoms with van der Waals surface area (Å²) in [5.41, 5.74) is -0.769. The number of nitrogens with one attached hydrogen (secondary N) is 2. The number of anilines is 1. The number of carbonyl (C=O) groups is 4. The summed E-state index contributed by atoms with van der Waals surface area (Å²) in [4.78, 5) is 53.4. The molecule has 2 aromatic carbocycles. The second kappa shape index (κ2) is 9.90. The molecular formula is C27H27F3N4O5. The number of amides is 5. The normalized spacial score (nSPS) is 20.2. The molecule has 2 aromatic rings. The number of urea groups is 1. The molecular weight excluding hydrogens is 517 g/mol. The molecule has 2 N–H and O–H groups in total. The number of nitrogens with zero attached hydrogens (tertiary/aromatic N) is 2. The lowest BCUT2D eigenvalue weighted by molar-refractivity contribution is -0.142. The lowest BCUT2D eigenvalue weighted by Crippen LogP contribution is -2.45. The van der Waals surface area contributed by atoms with Crippen LogP contribution < -0.4 is 10.6 Å². The van der Waals surface area contributed by atoms with E-state index in [2.05, 4.69) is 10.6 Å². The molecule has 0 bridgehead atoms. The molecule has 2 aliphatic carbocycles. The third-order valence-corrected chi connectivity index (χ3v) is 7.35. The maximum atomic E-state index is 13.6. The molecule has 1 aliphatic heterocycles. The van der Waals surface area contributed by atoms with E-state index in [0.29, 0.717) is 17.7 Å². The summed E-state index contributed by atoms with van der Waals surface area (Å²) >= 11 is 0. The Labute approximate surface area is 222 Å². The fourth-order valence-electron chi connectivity index (χ4n) is 5.17. The maximum absolute atomic E-state index is 13.6. The van der Waals surface area contributed by atoms with E-state index < -0.39 is 47.8 Å². The van der Waals surface area contributed by atoms with E-state index in [9.17, 15) is 32.3 Å². The molecule has 206 valence electrons. The van der Waals surface area contributed by atoms with Gasteiger partial charge in [0.25, 0.3) is 5.91 Å². The fraction of sp³-hybridized carbons (Fsp3) is 0.407. The Morgan fingerprint density at radius 1 is 1.15 bits per heavy atom. The minimum atomic E-state index is -4.59. The number of benzene rings is 2. The summed E-state index contributed by atoms with van der Waals surface area (Å²) in [5.74, 6) is -1.16. The van der Waals surface area contributed by atoms with Gasteiger partial charge < -0.3 is 20.3 Å². The van der Waals surface area contributed by atoms with Gasteiger partial charge >= 0.3 is 18.3 Å². The predicted molar refractivity (Wildman–Crippen MR) is 132 cm³/mol. The molecule has 1 spiro atoms. The number of imide groups is 1. The van der Waals surface area contributed by atoms with Crippen molar-refractivity contribution < 1.29 is 37.1 Å². The van der Waals surface area contributed by atoms with Crippen molar-refractivity contribution in [3.63, 3.8) is 0 Å². The summed E-state index contributed by atoms with van der Waals surface area (Å²) in [7, 11) is 1.48. The highest BCUT2D eigenvalue weighted by molar-refractivity contribution is 6.06. The summed E-state index contributed by atoms with van der Waals surface area (Å²) in [6, 6.07) is 9.53. The van der Waals surface area contributed by atoms with Gasteiger partial charge in [-0.15, -0.1) is 0 Å². The summed E-state index contributed by atoms with van der Waals surface area (Å²) < 4.78 is 46.3. The van der Waals surface area contributed by atoms with Gasteiger partial charge in [0.2, 0.25) is 11.5 Å². The van der Waals surface area contributed by atoms with Crippen LogP contribution in [0.3, 0.4) is 0 Å². The van der Waals surface area contributed by atoms with Crippen LogP contribution >= 0.6 is 0 Å². The minimum absolute atomic E-state index is 0.0586. The standard InChI is InChI=1S/C27H27F3N4O5/c1-31-24(37)32-19-8-9-20-17(12-19)10-11-26(20)23(36)34(25(38)39-26)15-22(35)33(13-16-6-7-16)14-18-4-2-3-5-21(18)27(28,29)30/h2-5,8-9,12,16H,6-7,10-11,13-15H2,1H3,(H2,31,32,37)/t26-/m1/s1. The first-order valence-corrected chi connectivity index (χ1v) is 12.6. The van der Waals surface area contributed by atoms with E-state index in [1.54, 1.807) is 18.2 Å². The number of fused-ring (bicyclic) bond motifs is 2. The zero-order valence-electron chi connectivity index (χ0n) is 21.1. The van der Waals surface area contributed by atoms with Gasteiger partial charge in [0, 0.05) is 37.8 Å². The van der Waals surface area contributed by atoms with Crippen LogP contribution in [0.4, 0.5) is 28.4 Å². The number of hydrogen-bond acceptors (Lipinski definition) is 5. The lowest BCUT2D eigenvalue weighted by atomic mass is 9.94. The Bertz CT molecular complexity index is 1340. The fourth-order valence-corrected chi connectivity index (χ4v) is 5.17. The molecule has 3 aliphatic rings. The molecule has 39 heavy (non-hydrogen) atoms. The second-order valence-electron chi connectivity index (χ2n) is 10.0. The highest BCUT2D eigenvalue weighted by Gasteiger charge is 2.58. The number of alkyl halides is 3. The predicted octanol–water partition coefficient (Wildman–Crippen LogP) is 4.02. The van der Waals surface area contributed by atoms with E-state index in [1.165, 1.54) is 30.1 Å². The molecule has 5 rings (SSSR count). The van der Waals surface area contributed by atoms with E-state index >= 15 is 0 Å². The number of rotatable bonds is 7. The minimum Gasteiger partial charge on any atom is -0.427 e. The van der Waals surface area contributed by atoms with Crippen LogP contribution in [-0.4, -0.2) is 53.9 Å². The molecule has 12 heteroatoms. The third kappa shape index (κ3) is 5.15. The number of halogens is 3. The number of hydrogen-bond donors (Lipinski definition) is 2. The second-order valence-corrected chi connectivity index (χ2v) is 10.0. The van der Waals surface area contributed by atoms with E-state index in [-0.39, 0.29) is 31.0 Å². The smallest absolute Gasteiger partial charge is 0.418 e. The Balaban J connectivity index is 1.35. The zero-order valence-corrected chi connectivity index (χ0v) is 21.1. The summed E-state index contributed by atoms with van der Waals surface area (Å²) in [5, 5.41) is 5.09. The molecule has 0 radical (unpaired) electrons. The van der Waals surface area contributed by atoms with E-state index in [1.807, 2.05) is 0 Å². The zero-order chi connectivity index (χ0) is 27.9. The van der Waals surface area contributed by atoms with Crippen LogP contribution in [0.1, 0.15) is 41.5 Å². The van der Waals surface area contributed by atoms with Crippen LogP contribution in [0.15, 0.2) is 42.5 Å². The first-order valence-electron chi connectivity index (χ1n) is 12.6. The van der Waals surface area contributed by atoms with Gasteiger partial charge in [-0.3, -0.25) is 9.59 Å². The molecule has 1 saturated heterocycles. The Hall–Kier alpha value is -4.09. The van der Waals surface area contributed by atoms with Crippen molar-refractivity contribution in [3.05, 3.63) is 64.7 Å². The average molecular weight is 545 g/mol. The lowest BCUT2D eigenvalue weighted by Gasteiger charge is -2.26. The van der Waals surface area contributed by atoms with Crippen molar-refractivity contribution in [1.82, 2.24) is 15.1 Å². The molecule has 1 atom stereocenters. The molecule has 0 unspecified atom stereocenters. The number of aryl methyl sites for hydroxylation is 1. The van der Waals surface area contributed by atoms with Gasteiger partial charge in [0.05, 0.1) is 5.56 Å². The van der Waals surface area contributed by atoms with Crippen LogP contribution in [0.25, 0.3) is 0 Å². The number of carbonyl (C=O) groups excluding carboxylic acids is 4. The van der Waals surface area contributed by atoms with Gasteiger partial charge in [0.15, 0.2) is 0 Å². The molecule has 5 amide bonds. The van der Waals surface area contributed by atoms with Gasteiger partial charge in [-0.2, -0.15) is 13.2 Å². The topological polar surface area (TPSA) is 108 Å². The molecule has 0 aromatic heterocycles. The van der Waals surface area contributed by atoms with Crippen LogP contribution in [0.2, 0.25) is 0 Å². The van der Waals surface area contributed by atoms with Crippen LogP contribution in [-0.2, 0) is 39.1 Å². The van der Waals surface area contributed by atoms with E-state index in [0.717, 1.165) is 29.4 Å². The molecule has 1 saturated carbocycles. The number of ether oxygens (including phenoxy) is 1. The average Bonchev–Trinajstić information content (AvgIpc) is 3.60. The third-order valence-electron chi connectivity index (χ3n) is 7.35. The largest absolute Gasteiger partial charge is 0.427 e. The van der Waals surface area contributed by atoms with Crippen LogP contribution in [0, 0.1) is 5.92 Å². The van der Waals surface area contributed by atoms with Gasteiger partial charge in [-0.25, -0.2) is 14.5 Å². The highest BCUT2D eigenvalue weighted by Crippen LogP contribution is 2.46. The Kier molecular flexibility index (Phi) is 6.73. The van der Waals surface area contributed by atoms with Crippen molar-refractivity contribution in [1.29, 1.82) is 0 Å². The first kappa shape index (κ1) is 26.5. The summed E-state index contributed by atoms with van der Waals surface area (Å²) in [6.45, 7) is -0.694.